The van der Waals surface area contributed by atoms with Crippen LogP contribution in [-0.4, -0.2) is 18.1 Å². The second-order valence-electron chi connectivity index (χ2n) is 4.94. The average molecular weight is 264 g/mol. The summed E-state index contributed by atoms with van der Waals surface area (Å²) in [5.74, 6) is 0.571. The van der Waals surface area contributed by atoms with E-state index in [1.54, 1.807) is 6.92 Å². The van der Waals surface area contributed by atoms with Gasteiger partial charge in [-0.3, -0.25) is 4.79 Å². The first-order valence-corrected chi connectivity index (χ1v) is 6.76. The van der Waals surface area contributed by atoms with E-state index in [0.717, 1.165) is 12.0 Å². The predicted molar refractivity (Wildman–Crippen MR) is 77.0 cm³/mol. The van der Waals surface area contributed by atoms with E-state index in [1.165, 1.54) is 0 Å². The Kier molecular flexibility index (Phi) is 5.83. The van der Waals surface area contributed by atoms with Crippen molar-refractivity contribution in [3.8, 4) is 5.75 Å². The summed E-state index contributed by atoms with van der Waals surface area (Å²) in [5, 5.41) is 2.90. The molecular formula is C15H24N2O2. The van der Waals surface area contributed by atoms with E-state index in [-0.39, 0.29) is 18.0 Å². The van der Waals surface area contributed by atoms with Gasteiger partial charge in [-0.15, -0.1) is 0 Å². The molecule has 0 aliphatic heterocycles. The number of ether oxygens (including phenoxy) is 1. The van der Waals surface area contributed by atoms with Crippen LogP contribution in [-0.2, 0) is 4.79 Å². The Hall–Kier alpha value is -1.55. The van der Waals surface area contributed by atoms with Gasteiger partial charge in [0.25, 0.3) is 5.91 Å². The third-order valence-electron chi connectivity index (χ3n) is 3.07. The molecule has 3 N–H and O–H groups in total. The molecule has 4 heteroatoms. The van der Waals surface area contributed by atoms with Gasteiger partial charge in [0.15, 0.2) is 6.10 Å². The number of benzene rings is 1. The summed E-state index contributed by atoms with van der Waals surface area (Å²) in [6.45, 7) is 7.67. The summed E-state index contributed by atoms with van der Waals surface area (Å²) in [6, 6.07) is 7.65. The van der Waals surface area contributed by atoms with Crippen LogP contribution in [0.1, 0.15) is 45.7 Å². The van der Waals surface area contributed by atoms with Gasteiger partial charge in [-0.1, -0.05) is 19.1 Å². The van der Waals surface area contributed by atoms with Crippen LogP contribution in [0.4, 0.5) is 0 Å². The molecule has 0 aliphatic carbocycles. The molecule has 1 amide bonds. The van der Waals surface area contributed by atoms with Gasteiger partial charge in [0.05, 0.1) is 0 Å². The fourth-order valence-corrected chi connectivity index (χ4v) is 1.59. The Morgan fingerprint density at radius 1 is 1.37 bits per heavy atom. The summed E-state index contributed by atoms with van der Waals surface area (Å²) in [4.78, 5) is 11.9. The number of nitrogens with two attached hydrogens (primary N) is 1. The number of amides is 1. The Morgan fingerprint density at radius 2 is 2.05 bits per heavy atom. The normalized spacial score (nSPS) is 15.4. The highest BCUT2D eigenvalue weighted by molar-refractivity contribution is 5.80. The van der Waals surface area contributed by atoms with Crippen molar-refractivity contribution < 1.29 is 9.53 Å². The van der Waals surface area contributed by atoms with Crippen LogP contribution in [0.3, 0.4) is 0 Å². The maximum absolute atomic E-state index is 11.9. The fraction of sp³-hybridized carbons (Fsp3) is 0.533. The zero-order valence-electron chi connectivity index (χ0n) is 12.1. The van der Waals surface area contributed by atoms with E-state index in [9.17, 15) is 4.79 Å². The van der Waals surface area contributed by atoms with Crippen LogP contribution in [0, 0.1) is 0 Å². The number of carbonyl (C=O) groups excluding carboxylic acids is 1. The lowest BCUT2D eigenvalue weighted by Gasteiger charge is -2.18. The lowest BCUT2D eigenvalue weighted by molar-refractivity contribution is -0.127. The second-order valence-corrected chi connectivity index (χ2v) is 4.94. The van der Waals surface area contributed by atoms with Gasteiger partial charge in [0, 0.05) is 12.1 Å². The first kappa shape index (κ1) is 15.5. The molecule has 1 aromatic carbocycles. The first-order valence-electron chi connectivity index (χ1n) is 6.76. The van der Waals surface area contributed by atoms with Crippen LogP contribution in [0.5, 0.6) is 5.75 Å². The zero-order valence-corrected chi connectivity index (χ0v) is 12.1. The fourth-order valence-electron chi connectivity index (χ4n) is 1.59. The lowest BCUT2D eigenvalue weighted by atomic mass is 10.1. The molecule has 0 aromatic heterocycles. The minimum Gasteiger partial charge on any atom is -0.481 e. The molecule has 0 fully saturated rings. The summed E-state index contributed by atoms with van der Waals surface area (Å²) in [5.41, 5.74) is 6.81. The topological polar surface area (TPSA) is 64.3 Å². The van der Waals surface area contributed by atoms with Crippen LogP contribution < -0.4 is 15.8 Å². The van der Waals surface area contributed by atoms with Crippen LogP contribution in [0.25, 0.3) is 0 Å². The Labute approximate surface area is 115 Å². The molecule has 3 unspecified atom stereocenters. The zero-order chi connectivity index (χ0) is 14.4. The number of hydrogen-bond acceptors (Lipinski definition) is 3. The monoisotopic (exact) mass is 264 g/mol. The third-order valence-corrected chi connectivity index (χ3v) is 3.07. The van der Waals surface area contributed by atoms with Crippen molar-refractivity contribution >= 4 is 5.91 Å². The van der Waals surface area contributed by atoms with Crippen molar-refractivity contribution in [3.05, 3.63) is 29.8 Å². The van der Waals surface area contributed by atoms with Gasteiger partial charge in [0.2, 0.25) is 0 Å². The van der Waals surface area contributed by atoms with Crippen LogP contribution in [0.2, 0.25) is 0 Å². The van der Waals surface area contributed by atoms with E-state index >= 15 is 0 Å². The van der Waals surface area contributed by atoms with Gasteiger partial charge < -0.3 is 15.8 Å². The smallest absolute Gasteiger partial charge is 0.260 e. The van der Waals surface area contributed by atoms with Crippen LogP contribution in [0.15, 0.2) is 24.3 Å². The van der Waals surface area contributed by atoms with Gasteiger partial charge >= 0.3 is 0 Å². The third kappa shape index (κ3) is 4.91. The van der Waals surface area contributed by atoms with Gasteiger partial charge in [-0.25, -0.2) is 0 Å². The highest BCUT2D eigenvalue weighted by Crippen LogP contribution is 2.18. The van der Waals surface area contributed by atoms with Crippen LogP contribution >= 0.6 is 0 Å². The summed E-state index contributed by atoms with van der Waals surface area (Å²) in [6.07, 6.45) is 0.385. The van der Waals surface area contributed by atoms with Crippen molar-refractivity contribution in [3.63, 3.8) is 0 Å². The van der Waals surface area contributed by atoms with E-state index in [2.05, 4.69) is 5.32 Å². The molecule has 0 radical (unpaired) electrons. The quantitative estimate of drug-likeness (QED) is 0.829. The lowest BCUT2D eigenvalue weighted by Crippen LogP contribution is -2.40. The minimum absolute atomic E-state index is 0.0483. The molecule has 19 heavy (non-hydrogen) atoms. The molecule has 0 heterocycles. The van der Waals surface area contributed by atoms with E-state index < -0.39 is 6.10 Å². The van der Waals surface area contributed by atoms with Gasteiger partial charge in [-0.2, -0.15) is 0 Å². The largest absolute Gasteiger partial charge is 0.481 e. The second kappa shape index (κ2) is 7.14. The van der Waals surface area contributed by atoms with Gasteiger partial charge in [-0.05, 0) is 44.9 Å². The van der Waals surface area contributed by atoms with E-state index in [4.69, 9.17) is 10.5 Å². The average Bonchev–Trinajstić information content (AvgIpc) is 2.38. The number of carbonyl (C=O) groups is 1. The highest BCUT2D eigenvalue weighted by atomic mass is 16.5. The predicted octanol–water partition coefficient (Wildman–Crippen LogP) is 2.39. The minimum atomic E-state index is -0.516. The Balaban J connectivity index is 2.63. The van der Waals surface area contributed by atoms with Gasteiger partial charge in [0.1, 0.15) is 5.75 Å². The molecular weight excluding hydrogens is 240 g/mol. The summed E-state index contributed by atoms with van der Waals surface area (Å²) in [7, 11) is 0. The van der Waals surface area contributed by atoms with Crippen molar-refractivity contribution in [2.24, 2.45) is 5.73 Å². The van der Waals surface area contributed by atoms with E-state index in [0.29, 0.717) is 5.75 Å². The van der Waals surface area contributed by atoms with Crippen molar-refractivity contribution in [1.29, 1.82) is 0 Å². The molecule has 1 rings (SSSR count). The standard InChI is InChI=1S/C15H24N2O2/c1-5-10(2)17-15(18)12(4)19-14-8-6-7-13(9-14)11(3)16/h6-12H,5,16H2,1-4H3,(H,17,18). The first-order chi connectivity index (χ1) is 8.93. The van der Waals surface area contributed by atoms with Crippen molar-refractivity contribution in [2.45, 2.75) is 52.3 Å². The molecule has 106 valence electrons. The molecule has 0 spiro atoms. The summed E-state index contributed by atoms with van der Waals surface area (Å²) >= 11 is 0. The molecule has 4 nitrogen and oxygen atoms in total. The highest BCUT2D eigenvalue weighted by Gasteiger charge is 2.16. The van der Waals surface area contributed by atoms with E-state index in [1.807, 2.05) is 45.0 Å². The number of rotatable bonds is 6. The molecule has 1 aromatic rings. The summed E-state index contributed by atoms with van der Waals surface area (Å²) < 4.78 is 5.64. The van der Waals surface area contributed by atoms with Crippen molar-refractivity contribution in [1.82, 2.24) is 5.32 Å². The SMILES string of the molecule is CCC(C)NC(=O)C(C)Oc1cccc(C(C)N)c1. The maximum atomic E-state index is 11.9. The molecule has 3 atom stereocenters. The number of hydrogen-bond donors (Lipinski definition) is 2. The molecule has 0 aliphatic rings. The maximum Gasteiger partial charge on any atom is 0.260 e. The molecule has 0 saturated carbocycles. The Morgan fingerprint density at radius 3 is 2.63 bits per heavy atom. The van der Waals surface area contributed by atoms with Crippen molar-refractivity contribution in [2.75, 3.05) is 0 Å². The Bertz CT molecular complexity index is 418. The molecule has 0 saturated heterocycles. The molecule has 0 bridgehead atoms. The number of nitrogens with one attached hydrogen (secondary N) is 1.